The first kappa shape index (κ1) is 9.92. The molecule has 2 N–H and O–H groups in total. The van der Waals surface area contributed by atoms with E-state index in [4.69, 9.17) is 10.4 Å². The van der Waals surface area contributed by atoms with Crippen molar-refractivity contribution in [2.24, 2.45) is 0 Å². The standard InChI is InChI=1S/2C4H9NO/c2*6-5-3-1-2-4-5/h2*6H,1-4H2. The zero-order chi connectivity index (χ0) is 8.81. The van der Waals surface area contributed by atoms with E-state index in [2.05, 4.69) is 0 Å². The maximum atomic E-state index is 8.56. The van der Waals surface area contributed by atoms with Crippen LogP contribution in [0, 0.1) is 0 Å². The molecule has 0 aromatic rings. The van der Waals surface area contributed by atoms with Crippen molar-refractivity contribution in [1.29, 1.82) is 0 Å². The lowest BCUT2D eigenvalue weighted by Crippen LogP contribution is -2.11. The number of nitrogens with zero attached hydrogens (tertiary/aromatic N) is 2. The quantitative estimate of drug-likeness (QED) is 0.574. The molecule has 0 unspecified atom stereocenters. The van der Waals surface area contributed by atoms with E-state index < -0.39 is 0 Å². The van der Waals surface area contributed by atoms with E-state index in [1.807, 2.05) is 0 Å². The minimum atomic E-state index is 0.875. The van der Waals surface area contributed by atoms with Crippen molar-refractivity contribution in [3.05, 3.63) is 0 Å². The molecule has 0 radical (unpaired) electrons. The zero-order valence-corrected chi connectivity index (χ0v) is 7.45. The molecule has 2 heterocycles. The summed E-state index contributed by atoms with van der Waals surface area (Å²) in [6.45, 7) is 3.50. The molecular formula is C8H18N2O2. The molecule has 4 nitrogen and oxygen atoms in total. The molecule has 0 amide bonds. The Morgan fingerprint density at radius 3 is 0.917 bits per heavy atom. The van der Waals surface area contributed by atoms with Gasteiger partial charge in [-0.15, -0.1) is 0 Å². The molecule has 0 aromatic carbocycles. The summed E-state index contributed by atoms with van der Waals surface area (Å²) in [5, 5.41) is 19.8. The highest BCUT2D eigenvalue weighted by Crippen LogP contribution is 2.02. The van der Waals surface area contributed by atoms with Crippen molar-refractivity contribution in [2.45, 2.75) is 25.7 Å². The van der Waals surface area contributed by atoms with Gasteiger partial charge in [-0.2, -0.15) is 10.1 Å². The van der Waals surface area contributed by atoms with Gasteiger partial charge in [-0.1, -0.05) is 0 Å². The van der Waals surface area contributed by atoms with Gasteiger partial charge in [0, 0.05) is 26.2 Å². The van der Waals surface area contributed by atoms with E-state index in [0.29, 0.717) is 0 Å². The summed E-state index contributed by atoms with van der Waals surface area (Å²) in [5.74, 6) is 0. The minimum absolute atomic E-state index is 0.875. The van der Waals surface area contributed by atoms with E-state index in [-0.39, 0.29) is 0 Å². The molecule has 12 heavy (non-hydrogen) atoms. The Labute approximate surface area is 73.3 Å². The topological polar surface area (TPSA) is 46.9 Å². The third-order valence-corrected chi connectivity index (χ3v) is 2.16. The third kappa shape index (κ3) is 4.01. The molecule has 0 aliphatic carbocycles. The maximum absolute atomic E-state index is 8.56. The van der Waals surface area contributed by atoms with Gasteiger partial charge < -0.3 is 10.4 Å². The van der Waals surface area contributed by atoms with Crippen LogP contribution in [0.3, 0.4) is 0 Å². The summed E-state index contributed by atoms with van der Waals surface area (Å²) in [6.07, 6.45) is 4.65. The number of hydroxylamine groups is 4. The largest absolute Gasteiger partial charge is 0.314 e. The van der Waals surface area contributed by atoms with E-state index in [9.17, 15) is 0 Å². The average Bonchev–Trinajstić information content (AvgIpc) is 2.63. The van der Waals surface area contributed by atoms with E-state index in [1.54, 1.807) is 0 Å². The highest BCUT2D eigenvalue weighted by atomic mass is 16.5. The van der Waals surface area contributed by atoms with E-state index in [1.165, 1.54) is 10.1 Å². The molecule has 4 heteroatoms. The molecule has 2 fully saturated rings. The predicted molar refractivity (Wildman–Crippen MR) is 45.2 cm³/mol. The van der Waals surface area contributed by atoms with Crippen molar-refractivity contribution < 1.29 is 10.4 Å². The smallest absolute Gasteiger partial charge is 0.0238 e. The van der Waals surface area contributed by atoms with E-state index in [0.717, 1.165) is 51.9 Å². The molecule has 0 aromatic heterocycles. The van der Waals surface area contributed by atoms with Crippen LogP contribution in [0.2, 0.25) is 0 Å². The van der Waals surface area contributed by atoms with Crippen LogP contribution < -0.4 is 0 Å². The highest BCUT2D eigenvalue weighted by molar-refractivity contribution is 4.55. The Morgan fingerprint density at radius 1 is 0.583 bits per heavy atom. The molecule has 0 bridgehead atoms. The summed E-state index contributed by atoms with van der Waals surface area (Å²) in [4.78, 5) is 0. The number of hydrogen-bond acceptors (Lipinski definition) is 4. The molecular weight excluding hydrogens is 156 g/mol. The van der Waals surface area contributed by atoms with Crippen LogP contribution in [-0.2, 0) is 0 Å². The second-order valence-electron chi connectivity index (χ2n) is 3.32. The third-order valence-electron chi connectivity index (χ3n) is 2.16. The normalized spacial score (nSPS) is 25.5. The van der Waals surface area contributed by atoms with Crippen molar-refractivity contribution in [2.75, 3.05) is 26.2 Å². The van der Waals surface area contributed by atoms with Gasteiger partial charge in [-0.3, -0.25) is 0 Å². The fraction of sp³-hybridized carbons (Fsp3) is 1.00. The van der Waals surface area contributed by atoms with Crippen molar-refractivity contribution in [3.8, 4) is 0 Å². The molecule has 0 atom stereocenters. The molecule has 2 aliphatic heterocycles. The first-order chi connectivity index (χ1) is 5.79. The van der Waals surface area contributed by atoms with Crippen LogP contribution in [0.15, 0.2) is 0 Å². The SMILES string of the molecule is ON1CCCC1.ON1CCCC1. The Bertz CT molecular complexity index is 95.6. The fourth-order valence-electron chi connectivity index (χ4n) is 1.40. The fourth-order valence-corrected chi connectivity index (χ4v) is 1.40. The van der Waals surface area contributed by atoms with Crippen LogP contribution in [0.5, 0.6) is 0 Å². The summed E-state index contributed by atoms with van der Waals surface area (Å²) in [5.41, 5.74) is 0. The van der Waals surface area contributed by atoms with Gasteiger partial charge in [0.15, 0.2) is 0 Å². The minimum Gasteiger partial charge on any atom is -0.314 e. The van der Waals surface area contributed by atoms with Crippen LogP contribution >= 0.6 is 0 Å². The van der Waals surface area contributed by atoms with Gasteiger partial charge >= 0.3 is 0 Å². The molecule has 0 spiro atoms. The zero-order valence-electron chi connectivity index (χ0n) is 7.45. The number of rotatable bonds is 0. The van der Waals surface area contributed by atoms with Gasteiger partial charge in [-0.05, 0) is 25.7 Å². The maximum Gasteiger partial charge on any atom is 0.0238 e. The summed E-state index contributed by atoms with van der Waals surface area (Å²) in [6, 6.07) is 0. The summed E-state index contributed by atoms with van der Waals surface area (Å²) < 4.78 is 0. The Balaban J connectivity index is 0.000000120. The first-order valence-corrected chi connectivity index (χ1v) is 4.66. The lowest BCUT2D eigenvalue weighted by Gasteiger charge is -1.99. The molecule has 2 aliphatic rings. The molecule has 2 rings (SSSR count). The monoisotopic (exact) mass is 174 g/mol. The average molecular weight is 174 g/mol. The van der Waals surface area contributed by atoms with Crippen LogP contribution in [0.4, 0.5) is 0 Å². The van der Waals surface area contributed by atoms with Crippen molar-refractivity contribution in [1.82, 2.24) is 10.1 Å². The Morgan fingerprint density at radius 2 is 0.833 bits per heavy atom. The Kier molecular flexibility index (Phi) is 4.53. The van der Waals surface area contributed by atoms with Gasteiger partial charge in [0.25, 0.3) is 0 Å². The highest BCUT2D eigenvalue weighted by Gasteiger charge is 2.06. The van der Waals surface area contributed by atoms with Crippen LogP contribution in [0.1, 0.15) is 25.7 Å². The summed E-state index contributed by atoms with van der Waals surface area (Å²) >= 11 is 0. The first-order valence-electron chi connectivity index (χ1n) is 4.66. The number of hydrogen-bond donors (Lipinski definition) is 2. The lowest BCUT2D eigenvalue weighted by atomic mass is 10.4. The van der Waals surface area contributed by atoms with Gasteiger partial charge in [0.2, 0.25) is 0 Å². The van der Waals surface area contributed by atoms with Crippen molar-refractivity contribution in [3.63, 3.8) is 0 Å². The van der Waals surface area contributed by atoms with Gasteiger partial charge in [0.05, 0.1) is 0 Å². The van der Waals surface area contributed by atoms with Crippen LogP contribution in [-0.4, -0.2) is 46.7 Å². The second-order valence-corrected chi connectivity index (χ2v) is 3.32. The second kappa shape index (κ2) is 5.48. The predicted octanol–water partition coefficient (Wildman–Crippen LogP) is 0.943. The molecule has 2 saturated heterocycles. The Hall–Kier alpha value is -0.160. The summed E-state index contributed by atoms with van der Waals surface area (Å²) in [7, 11) is 0. The molecule has 72 valence electrons. The molecule has 0 saturated carbocycles. The van der Waals surface area contributed by atoms with Crippen LogP contribution in [0.25, 0.3) is 0 Å². The van der Waals surface area contributed by atoms with E-state index >= 15 is 0 Å². The van der Waals surface area contributed by atoms with Gasteiger partial charge in [-0.25, -0.2) is 0 Å². The van der Waals surface area contributed by atoms with Gasteiger partial charge in [0.1, 0.15) is 0 Å². The lowest BCUT2D eigenvalue weighted by molar-refractivity contribution is -0.0680. The van der Waals surface area contributed by atoms with Crippen molar-refractivity contribution >= 4 is 0 Å².